The highest BCUT2D eigenvalue weighted by atomic mass is 16.3. The monoisotopic (exact) mass is 267 g/mol. The van der Waals surface area contributed by atoms with Crippen LogP contribution in [0.1, 0.15) is 21.5 Å². The molecule has 0 aliphatic carbocycles. The number of anilines is 2. The number of para-hydroxylation sites is 1. The zero-order valence-electron chi connectivity index (χ0n) is 11.2. The van der Waals surface area contributed by atoms with Gasteiger partial charge in [-0.05, 0) is 49.2 Å². The highest BCUT2D eigenvalue weighted by Crippen LogP contribution is 2.37. The van der Waals surface area contributed by atoms with Gasteiger partial charge in [0.25, 0.3) is 5.78 Å². The number of hydrogen-bond donors (Lipinski definition) is 1. The van der Waals surface area contributed by atoms with Crippen molar-refractivity contribution in [3.63, 3.8) is 0 Å². The van der Waals surface area contributed by atoms with Crippen LogP contribution in [0.2, 0.25) is 0 Å². The Morgan fingerprint density at radius 1 is 1.00 bits per heavy atom. The van der Waals surface area contributed by atoms with Crippen LogP contribution in [-0.2, 0) is 4.79 Å². The zero-order valence-corrected chi connectivity index (χ0v) is 11.2. The van der Waals surface area contributed by atoms with Gasteiger partial charge in [0.15, 0.2) is 0 Å². The van der Waals surface area contributed by atoms with Crippen LogP contribution < -0.4 is 4.90 Å². The number of nitrogens with zero attached hydrogens (tertiary/aromatic N) is 1. The number of rotatable bonds is 1. The fraction of sp³-hybridized carbons (Fsp3) is 0.125. The minimum atomic E-state index is -0.560. The lowest BCUT2D eigenvalue weighted by Gasteiger charge is -2.18. The van der Waals surface area contributed by atoms with Gasteiger partial charge >= 0.3 is 5.91 Å². The summed E-state index contributed by atoms with van der Waals surface area (Å²) < 4.78 is 0. The Kier molecular flexibility index (Phi) is 2.61. The van der Waals surface area contributed by atoms with E-state index < -0.39 is 11.7 Å². The largest absolute Gasteiger partial charge is 0.507 e. The van der Waals surface area contributed by atoms with Gasteiger partial charge in [-0.15, -0.1) is 0 Å². The molecular weight excluding hydrogens is 254 g/mol. The first-order valence-electron chi connectivity index (χ1n) is 6.28. The Morgan fingerprint density at radius 2 is 1.60 bits per heavy atom. The highest BCUT2D eigenvalue weighted by Gasteiger charge is 2.36. The molecule has 1 aliphatic rings. The molecule has 0 saturated carbocycles. The van der Waals surface area contributed by atoms with Crippen LogP contribution in [0, 0.1) is 13.8 Å². The van der Waals surface area contributed by atoms with Crippen LogP contribution in [0.3, 0.4) is 0 Å². The lowest BCUT2D eigenvalue weighted by molar-refractivity contribution is -0.113. The Bertz CT molecular complexity index is 726. The predicted molar refractivity (Wildman–Crippen MR) is 75.5 cm³/mol. The number of aryl methyl sites for hydroxylation is 2. The predicted octanol–water partition coefficient (Wildman–Crippen LogP) is 2.87. The number of ketones is 1. The second kappa shape index (κ2) is 4.20. The van der Waals surface area contributed by atoms with Crippen molar-refractivity contribution in [2.45, 2.75) is 13.8 Å². The van der Waals surface area contributed by atoms with E-state index in [0.29, 0.717) is 28.1 Å². The topological polar surface area (TPSA) is 57.6 Å². The molecule has 0 spiro atoms. The molecule has 1 heterocycles. The van der Waals surface area contributed by atoms with Crippen molar-refractivity contribution < 1.29 is 14.7 Å². The normalized spacial score (nSPS) is 13.8. The molecule has 4 heteroatoms. The summed E-state index contributed by atoms with van der Waals surface area (Å²) in [5.74, 6) is -0.848. The molecule has 1 amide bonds. The molecule has 1 aliphatic heterocycles. The van der Waals surface area contributed by atoms with Crippen LogP contribution in [0.15, 0.2) is 36.4 Å². The van der Waals surface area contributed by atoms with Gasteiger partial charge in [0, 0.05) is 0 Å². The van der Waals surface area contributed by atoms with Crippen LogP contribution >= 0.6 is 0 Å². The molecule has 0 saturated heterocycles. The molecule has 0 atom stereocenters. The fourth-order valence-corrected chi connectivity index (χ4v) is 2.51. The van der Waals surface area contributed by atoms with Crippen LogP contribution in [0.5, 0.6) is 5.75 Å². The summed E-state index contributed by atoms with van der Waals surface area (Å²) in [7, 11) is 0. The Labute approximate surface area is 116 Å². The zero-order chi connectivity index (χ0) is 14.4. The van der Waals surface area contributed by atoms with Crippen molar-refractivity contribution in [1.29, 1.82) is 0 Å². The maximum Gasteiger partial charge on any atom is 0.304 e. The van der Waals surface area contributed by atoms with Gasteiger partial charge in [-0.25, -0.2) is 0 Å². The first-order valence-corrected chi connectivity index (χ1v) is 6.28. The van der Waals surface area contributed by atoms with Gasteiger partial charge in [0.2, 0.25) is 0 Å². The number of fused-ring (bicyclic) bond motifs is 1. The van der Waals surface area contributed by atoms with Crippen molar-refractivity contribution in [3.05, 3.63) is 53.1 Å². The number of phenols is 1. The molecule has 100 valence electrons. The van der Waals surface area contributed by atoms with Crippen LogP contribution in [-0.4, -0.2) is 16.8 Å². The minimum absolute atomic E-state index is 0.208. The lowest BCUT2D eigenvalue weighted by Crippen LogP contribution is -2.24. The van der Waals surface area contributed by atoms with Crippen molar-refractivity contribution in [2.24, 2.45) is 0 Å². The molecule has 0 fully saturated rings. The molecule has 0 radical (unpaired) electrons. The quantitative estimate of drug-likeness (QED) is 0.808. The number of amides is 1. The molecule has 2 aromatic rings. The van der Waals surface area contributed by atoms with Crippen molar-refractivity contribution in [2.75, 3.05) is 4.90 Å². The number of hydrogen-bond acceptors (Lipinski definition) is 3. The molecule has 20 heavy (non-hydrogen) atoms. The number of Topliss-reactive ketones (excluding diaryl/α,β-unsaturated/α-hetero) is 1. The Balaban J connectivity index is 2.21. The maximum atomic E-state index is 12.2. The van der Waals surface area contributed by atoms with E-state index >= 15 is 0 Å². The van der Waals surface area contributed by atoms with E-state index in [1.54, 1.807) is 50.2 Å². The summed E-state index contributed by atoms with van der Waals surface area (Å²) >= 11 is 0. The molecule has 0 bridgehead atoms. The summed E-state index contributed by atoms with van der Waals surface area (Å²) in [6, 6.07) is 10.3. The third-order valence-electron chi connectivity index (χ3n) is 3.52. The third-order valence-corrected chi connectivity index (χ3v) is 3.52. The van der Waals surface area contributed by atoms with Gasteiger partial charge in [-0.3, -0.25) is 14.5 Å². The molecular formula is C16H13NO3. The van der Waals surface area contributed by atoms with Gasteiger partial charge in [0.1, 0.15) is 5.75 Å². The van der Waals surface area contributed by atoms with Gasteiger partial charge in [0.05, 0.1) is 16.9 Å². The number of carbonyl (C=O) groups excluding carboxylic acids is 2. The lowest BCUT2D eigenvalue weighted by atomic mass is 10.1. The Hall–Kier alpha value is -2.62. The number of phenolic OH excluding ortho intramolecular Hbond substituents is 1. The summed E-state index contributed by atoms with van der Waals surface area (Å²) in [6.07, 6.45) is 0. The average Bonchev–Trinajstić information content (AvgIpc) is 2.68. The summed E-state index contributed by atoms with van der Waals surface area (Å²) in [5, 5.41) is 9.82. The summed E-state index contributed by atoms with van der Waals surface area (Å²) in [6.45, 7) is 3.53. The van der Waals surface area contributed by atoms with E-state index in [1.807, 2.05) is 0 Å². The molecule has 0 aromatic heterocycles. The number of carbonyl (C=O) groups is 2. The van der Waals surface area contributed by atoms with Gasteiger partial charge in [-0.1, -0.05) is 12.1 Å². The van der Waals surface area contributed by atoms with E-state index in [2.05, 4.69) is 0 Å². The van der Waals surface area contributed by atoms with Crippen LogP contribution in [0.4, 0.5) is 11.4 Å². The minimum Gasteiger partial charge on any atom is -0.507 e. The molecule has 4 nitrogen and oxygen atoms in total. The van der Waals surface area contributed by atoms with E-state index in [9.17, 15) is 14.7 Å². The number of benzene rings is 2. The first-order chi connectivity index (χ1) is 9.50. The van der Waals surface area contributed by atoms with Gasteiger partial charge < -0.3 is 5.11 Å². The van der Waals surface area contributed by atoms with Crippen molar-refractivity contribution in [3.8, 4) is 5.75 Å². The molecule has 0 unspecified atom stereocenters. The summed E-state index contributed by atoms with van der Waals surface area (Å²) in [4.78, 5) is 25.6. The fourth-order valence-electron chi connectivity index (χ4n) is 2.51. The third kappa shape index (κ3) is 1.61. The van der Waals surface area contributed by atoms with E-state index in [4.69, 9.17) is 0 Å². The second-order valence-electron chi connectivity index (χ2n) is 4.92. The molecule has 3 rings (SSSR count). The second-order valence-corrected chi connectivity index (χ2v) is 4.92. The van der Waals surface area contributed by atoms with Crippen molar-refractivity contribution >= 4 is 23.1 Å². The smallest absolute Gasteiger partial charge is 0.304 e. The van der Waals surface area contributed by atoms with E-state index in [1.165, 1.54) is 4.90 Å². The molecule has 2 aromatic carbocycles. The number of aromatic hydroxyl groups is 1. The van der Waals surface area contributed by atoms with Crippen molar-refractivity contribution in [1.82, 2.24) is 0 Å². The highest BCUT2D eigenvalue weighted by molar-refractivity contribution is 6.53. The van der Waals surface area contributed by atoms with E-state index in [-0.39, 0.29) is 5.75 Å². The molecule has 1 N–H and O–H groups in total. The standard InChI is InChI=1S/C16H13NO3/c1-9-7-11(8-10(2)14(9)18)17-13-6-4-3-5-12(13)15(19)16(17)20/h3-8,18H,1-2H3. The average molecular weight is 267 g/mol. The Morgan fingerprint density at radius 3 is 2.25 bits per heavy atom. The first kappa shape index (κ1) is 12.4. The maximum absolute atomic E-state index is 12.2. The SMILES string of the molecule is Cc1cc(N2C(=O)C(=O)c3ccccc32)cc(C)c1O. The van der Waals surface area contributed by atoms with Crippen LogP contribution in [0.25, 0.3) is 0 Å². The van der Waals surface area contributed by atoms with Gasteiger partial charge in [-0.2, -0.15) is 0 Å². The van der Waals surface area contributed by atoms with E-state index in [0.717, 1.165) is 0 Å². The summed E-state index contributed by atoms with van der Waals surface area (Å²) in [5.41, 5.74) is 2.95.